The fourth-order valence-corrected chi connectivity index (χ4v) is 2.93. The normalized spacial score (nSPS) is 18.5. The maximum atomic E-state index is 12.2. The van der Waals surface area contributed by atoms with Crippen molar-refractivity contribution in [1.82, 2.24) is 5.32 Å². The zero-order valence-electron chi connectivity index (χ0n) is 12.2. The van der Waals surface area contributed by atoms with E-state index in [0.29, 0.717) is 18.5 Å². The van der Waals surface area contributed by atoms with Gasteiger partial charge in [-0.2, -0.15) is 0 Å². The van der Waals surface area contributed by atoms with Gasteiger partial charge >= 0.3 is 6.36 Å². The highest BCUT2D eigenvalue weighted by atomic mass is 19.4. The molecule has 0 unspecified atom stereocenters. The molecular weight excluding hydrogens is 279 g/mol. The molecule has 1 saturated carbocycles. The van der Waals surface area contributed by atoms with Crippen LogP contribution in [0.1, 0.15) is 44.6 Å². The lowest BCUT2D eigenvalue weighted by molar-refractivity contribution is -0.274. The number of hydrogen-bond acceptors (Lipinski definition) is 2. The van der Waals surface area contributed by atoms with E-state index in [9.17, 15) is 13.2 Å². The first kappa shape index (κ1) is 16.1. The fourth-order valence-electron chi connectivity index (χ4n) is 2.93. The first-order valence-corrected chi connectivity index (χ1v) is 7.52. The fraction of sp³-hybridized carbons (Fsp3) is 0.625. The van der Waals surface area contributed by atoms with Crippen LogP contribution in [0.2, 0.25) is 0 Å². The van der Waals surface area contributed by atoms with Gasteiger partial charge in [-0.05, 0) is 43.4 Å². The summed E-state index contributed by atoms with van der Waals surface area (Å²) in [5.41, 5.74) is 0.805. The topological polar surface area (TPSA) is 21.3 Å². The molecule has 0 heterocycles. The van der Waals surface area contributed by atoms with Gasteiger partial charge in [0.15, 0.2) is 0 Å². The Hall–Kier alpha value is -1.23. The molecule has 118 valence electrons. The van der Waals surface area contributed by atoms with Crippen molar-refractivity contribution in [1.29, 1.82) is 0 Å². The summed E-state index contributed by atoms with van der Waals surface area (Å²) >= 11 is 0. The molecule has 1 fully saturated rings. The molecule has 0 aromatic heterocycles. The molecule has 1 aromatic rings. The third-order valence-electron chi connectivity index (χ3n) is 4.12. The molecule has 1 aliphatic rings. The van der Waals surface area contributed by atoms with Crippen LogP contribution < -0.4 is 10.1 Å². The largest absolute Gasteiger partial charge is 0.573 e. The minimum Gasteiger partial charge on any atom is -0.406 e. The van der Waals surface area contributed by atoms with Crippen LogP contribution in [-0.4, -0.2) is 12.4 Å². The number of ether oxygens (including phenoxy) is 1. The highest BCUT2D eigenvalue weighted by molar-refractivity contribution is 5.28. The van der Waals surface area contributed by atoms with Crippen LogP contribution in [0.4, 0.5) is 13.2 Å². The van der Waals surface area contributed by atoms with Crippen LogP contribution in [0.25, 0.3) is 0 Å². The van der Waals surface area contributed by atoms with Gasteiger partial charge in [-0.25, -0.2) is 0 Å². The van der Waals surface area contributed by atoms with Gasteiger partial charge in [-0.3, -0.25) is 0 Å². The van der Waals surface area contributed by atoms with Gasteiger partial charge < -0.3 is 10.1 Å². The summed E-state index contributed by atoms with van der Waals surface area (Å²) in [6.45, 7) is 2.72. The second kappa shape index (κ2) is 7.16. The monoisotopic (exact) mass is 301 g/mol. The zero-order chi connectivity index (χ0) is 15.3. The Morgan fingerprint density at radius 2 is 1.95 bits per heavy atom. The van der Waals surface area contributed by atoms with Gasteiger partial charge in [0.25, 0.3) is 0 Å². The van der Waals surface area contributed by atoms with Crippen molar-refractivity contribution in [3.8, 4) is 5.75 Å². The van der Waals surface area contributed by atoms with Gasteiger partial charge in [-0.15, -0.1) is 13.2 Å². The van der Waals surface area contributed by atoms with Crippen molar-refractivity contribution >= 4 is 0 Å². The minimum absolute atomic E-state index is 0.160. The molecule has 0 aliphatic heterocycles. The van der Waals surface area contributed by atoms with Gasteiger partial charge in [0.1, 0.15) is 5.75 Å². The van der Waals surface area contributed by atoms with Gasteiger partial charge in [0.2, 0.25) is 0 Å². The van der Waals surface area contributed by atoms with Crippen molar-refractivity contribution in [3.05, 3.63) is 29.8 Å². The van der Waals surface area contributed by atoms with E-state index < -0.39 is 6.36 Å². The summed E-state index contributed by atoms with van der Waals surface area (Å²) in [6, 6.07) is 6.54. The maximum absolute atomic E-state index is 12.2. The smallest absolute Gasteiger partial charge is 0.406 e. The van der Waals surface area contributed by atoms with E-state index in [0.717, 1.165) is 5.56 Å². The Balaban J connectivity index is 1.86. The number of rotatable bonds is 5. The molecule has 21 heavy (non-hydrogen) atoms. The molecule has 1 aromatic carbocycles. The van der Waals surface area contributed by atoms with Crippen molar-refractivity contribution in [2.45, 2.75) is 58.0 Å². The maximum Gasteiger partial charge on any atom is 0.573 e. The highest BCUT2D eigenvalue weighted by Gasteiger charge is 2.31. The van der Waals surface area contributed by atoms with Crippen LogP contribution in [0.3, 0.4) is 0 Å². The Morgan fingerprint density at radius 3 is 2.62 bits per heavy atom. The lowest BCUT2D eigenvalue weighted by Crippen LogP contribution is -2.34. The molecule has 1 N–H and O–H groups in total. The van der Waals surface area contributed by atoms with E-state index in [1.807, 2.05) is 6.07 Å². The number of nitrogens with one attached hydrogen (secondary N) is 1. The number of hydrogen-bond donors (Lipinski definition) is 1. The third kappa shape index (κ3) is 5.58. The number of benzene rings is 1. The van der Waals surface area contributed by atoms with E-state index in [4.69, 9.17) is 0 Å². The molecule has 0 bridgehead atoms. The standard InChI is InChI=1S/C16H22F3NO/c1-12(14-7-3-2-4-8-14)20-11-13-6-5-9-15(10-13)21-16(17,18)19/h5-6,9-10,12,14,20H,2-4,7-8,11H2,1H3/t12-/m0/s1. The Kier molecular flexibility index (Phi) is 5.51. The lowest BCUT2D eigenvalue weighted by Gasteiger charge is -2.28. The minimum atomic E-state index is -4.64. The summed E-state index contributed by atoms with van der Waals surface area (Å²) < 4.78 is 40.5. The lowest BCUT2D eigenvalue weighted by atomic mass is 9.84. The average molecular weight is 301 g/mol. The molecule has 1 aliphatic carbocycles. The van der Waals surface area contributed by atoms with E-state index >= 15 is 0 Å². The molecule has 0 spiro atoms. The first-order valence-electron chi connectivity index (χ1n) is 7.52. The molecule has 5 heteroatoms. The predicted molar refractivity (Wildman–Crippen MR) is 76.0 cm³/mol. The van der Waals surface area contributed by atoms with Crippen molar-refractivity contribution < 1.29 is 17.9 Å². The summed E-state index contributed by atoms with van der Waals surface area (Å²) in [4.78, 5) is 0. The van der Waals surface area contributed by atoms with Gasteiger partial charge in [0, 0.05) is 12.6 Å². The Bertz CT molecular complexity index is 441. The Labute approximate surface area is 123 Å². The van der Waals surface area contributed by atoms with Crippen LogP contribution in [0.5, 0.6) is 5.75 Å². The summed E-state index contributed by atoms with van der Waals surface area (Å²) in [5, 5.41) is 3.42. The van der Waals surface area contributed by atoms with Crippen molar-refractivity contribution in [2.24, 2.45) is 5.92 Å². The quantitative estimate of drug-likeness (QED) is 0.855. The van der Waals surface area contributed by atoms with Crippen LogP contribution in [0.15, 0.2) is 24.3 Å². The van der Waals surface area contributed by atoms with Crippen LogP contribution >= 0.6 is 0 Å². The Morgan fingerprint density at radius 1 is 1.24 bits per heavy atom. The average Bonchev–Trinajstić information content (AvgIpc) is 2.44. The summed E-state index contributed by atoms with van der Waals surface area (Å²) in [6.07, 6.45) is 1.73. The SMILES string of the molecule is C[C@H](NCc1cccc(OC(F)(F)F)c1)C1CCCCC1. The molecule has 0 radical (unpaired) electrons. The molecule has 0 amide bonds. The zero-order valence-corrected chi connectivity index (χ0v) is 12.2. The van der Waals surface area contributed by atoms with Crippen molar-refractivity contribution in [3.63, 3.8) is 0 Å². The molecule has 1 atom stereocenters. The van der Waals surface area contributed by atoms with Gasteiger partial charge in [-0.1, -0.05) is 31.4 Å². The van der Waals surface area contributed by atoms with E-state index in [2.05, 4.69) is 17.0 Å². The molecule has 2 rings (SSSR count). The summed E-state index contributed by atoms with van der Waals surface area (Å²) in [5.74, 6) is 0.514. The first-order chi connectivity index (χ1) is 9.94. The summed E-state index contributed by atoms with van der Waals surface area (Å²) in [7, 11) is 0. The van der Waals surface area contributed by atoms with E-state index in [1.54, 1.807) is 6.07 Å². The van der Waals surface area contributed by atoms with Gasteiger partial charge in [0.05, 0.1) is 0 Å². The molecule has 2 nitrogen and oxygen atoms in total. The van der Waals surface area contributed by atoms with Crippen LogP contribution in [0, 0.1) is 5.92 Å². The van der Waals surface area contributed by atoms with E-state index in [-0.39, 0.29) is 5.75 Å². The second-order valence-electron chi connectivity index (χ2n) is 5.76. The number of alkyl halides is 3. The van der Waals surface area contributed by atoms with E-state index in [1.165, 1.54) is 44.2 Å². The van der Waals surface area contributed by atoms with Crippen LogP contribution in [-0.2, 0) is 6.54 Å². The molecular formula is C16H22F3NO. The van der Waals surface area contributed by atoms with Crippen molar-refractivity contribution in [2.75, 3.05) is 0 Å². The molecule has 0 saturated heterocycles. The predicted octanol–water partition coefficient (Wildman–Crippen LogP) is 4.64. The second-order valence-corrected chi connectivity index (χ2v) is 5.76. The third-order valence-corrected chi connectivity index (χ3v) is 4.12. The highest BCUT2D eigenvalue weighted by Crippen LogP contribution is 2.27. The number of halogens is 3.